The number of hydroxylamine groups is 1. The zero-order valence-corrected chi connectivity index (χ0v) is 9.35. The number of aromatic nitrogens is 1. The fraction of sp³-hybridized carbons (Fsp3) is 0.200. The lowest BCUT2D eigenvalue weighted by Gasteiger charge is -1.98. The van der Waals surface area contributed by atoms with Gasteiger partial charge >= 0.3 is 0 Å². The number of nitrogens with one attached hydrogen (secondary N) is 2. The minimum Gasteiger partial charge on any atom is -0.357 e. The minimum absolute atomic E-state index is 0.461. The number of hydrogen-bond donors (Lipinski definition) is 3. The zero-order valence-electron chi connectivity index (χ0n) is 7.76. The second kappa shape index (κ2) is 3.73. The molecule has 2 rings (SSSR count). The highest BCUT2D eigenvalue weighted by Gasteiger charge is 2.08. The second-order valence-electron chi connectivity index (χ2n) is 3.23. The summed E-state index contributed by atoms with van der Waals surface area (Å²) in [5, 5.41) is 9.85. The van der Waals surface area contributed by atoms with Gasteiger partial charge in [0, 0.05) is 22.1 Å². The van der Waals surface area contributed by atoms with Crippen molar-refractivity contribution < 1.29 is 5.21 Å². The maximum absolute atomic E-state index is 8.72. The Labute approximate surface area is 90.2 Å². The maximum Gasteiger partial charge on any atom is 0.0603 e. The Hall–Kier alpha value is -0.840. The Balaban J connectivity index is 2.70. The lowest BCUT2D eigenvalue weighted by molar-refractivity contribution is 0.161. The van der Waals surface area contributed by atoms with Crippen LogP contribution in [-0.4, -0.2) is 10.2 Å². The number of H-pyrrole nitrogens is 1. The lowest BCUT2D eigenvalue weighted by Crippen LogP contribution is -2.06. The van der Waals surface area contributed by atoms with Crippen molar-refractivity contribution in [2.24, 2.45) is 0 Å². The molecule has 0 amide bonds. The van der Waals surface area contributed by atoms with Gasteiger partial charge in [-0.05, 0) is 34.5 Å². The number of hydrogen-bond acceptors (Lipinski definition) is 2. The molecular weight excluding hydrogens is 244 g/mol. The standard InChI is InChI=1S/C10H11BrN2O/c1-6-8(5-12-14)7-3-2-4-9(11)10(7)13-6/h2-4,12-14H,5H2,1H3. The van der Waals surface area contributed by atoms with Gasteiger partial charge in [-0.15, -0.1) is 0 Å². The Morgan fingerprint density at radius 1 is 1.50 bits per heavy atom. The molecule has 0 saturated heterocycles. The Kier molecular flexibility index (Phi) is 2.58. The topological polar surface area (TPSA) is 48.0 Å². The van der Waals surface area contributed by atoms with Crippen molar-refractivity contribution in [3.05, 3.63) is 33.9 Å². The second-order valence-corrected chi connectivity index (χ2v) is 4.08. The molecule has 3 nitrogen and oxygen atoms in total. The Morgan fingerprint density at radius 3 is 3.00 bits per heavy atom. The van der Waals surface area contributed by atoms with Crippen molar-refractivity contribution in [3.63, 3.8) is 0 Å². The molecule has 4 heteroatoms. The number of rotatable bonds is 2. The summed E-state index contributed by atoms with van der Waals surface area (Å²) < 4.78 is 1.04. The number of benzene rings is 1. The van der Waals surface area contributed by atoms with E-state index in [0.717, 1.165) is 26.6 Å². The average Bonchev–Trinajstić information content (AvgIpc) is 2.47. The van der Waals surface area contributed by atoms with Crippen LogP contribution in [0.4, 0.5) is 0 Å². The van der Waals surface area contributed by atoms with Gasteiger partial charge in [-0.1, -0.05) is 12.1 Å². The van der Waals surface area contributed by atoms with E-state index in [1.807, 2.05) is 25.1 Å². The SMILES string of the molecule is Cc1[nH]c2c(Br)cccc2c1CNO. The molecule has 1 aromatic carbocycles. The summed E-state index contributed by atoms with van der Waals surface area (Å²) in [6.45, 7) is 2.46. The first kappa shape index (κ1) is 9.71. The summed E-state index contributed by atoms with van der Waals surface area (Å²) in [5.74, 6) is 0. The molecule has 0 aliphatic heterocycles. The van der Waals surface area contributed by atoms with Crippen LogP contribution in [-0.2, 0) is 6.54 Å². The molecule has 1 aromatic heterocycles. The Morgan fingerprint density at radius 2 is 2.29 bits per heavy atom. The van der Waals surface area contributed by atoms with Crippen molar-refractivity contribution in [3.8, 4) is 0 Å². The lowest BCUT2D eigenvalue weighted by atomic mass is 10.1. The Bertz CT molecular complexity index is 464. The quantitative estimate of drug-likeness (QED) is 0.722. The zero-order chi connectivity index (χ0) is 10.1. The summed E-state index contributed by atoms with van der Waals surface area (Å²) in [7, 11) is 0. The van der Waals surface area contributed by atoms with Crippen molar-refractivity contribution >= 4 is 26.8 Å². The van der Waals surface area contributed by atoms with E-state index in [2.05, 4.69) is 26.4 Å². The van der Waals surface area contributed by atoms with Crippen LogP contribution in [0, 0.1) is 6.92 Å². The molecule has 3 N–H and O–H groups in total. The molecule has 0 aliphatic carbocycles. The molecule has 0 saturated carbocycles. The fourth-order valence-corrected chi connectivity index (χ4v) is 2.14. The summed E-state index contributed by atoms with van der Waals surface area (Å²) in [5.41, 5.74) is 5.44. The summed E-state index contributed by atoms with van der Waals surface area (Å²) in [6.07, 6.45) is 0. The van der Waals surface area contributed by atoms with Crippen LogP contribution in [0.25, 0.3) is 10.9 Å². The van der Waals surface area contributed by atoms with Gasteiger partial charge in [-0.3, -0.25) is 0 Å². The molecule has 14 heavy (non-hydrogen) atoms. The van der Waals surface area contributed by atoms with Crippen LogP contribution in [0.15, 0.2) is 22.7 Å². The van der Waals surface area contributed by atoms with Crippen LogP contribution in [0.3, 0.4) is 0 Å². The van der Waals surface area contributed by atoms with Crippen LogP contribution in [0.1, 0.15) is 11.3 Å². The molecule has 0 aliphatic rings. The maximum atomic E-state index is 8.72. The molecule has 1 heterocycles. The fourth-order valence-electron chi connectivity index (χ4n) is 1.67. The van der Waals surface area contributed by atoms with Crippen molar-refractivity contribution in [2.75, 3.05) is 0 Å². The number of halogens is 1. The molecule has 0 spiro atoms. The van der Waals surface area contributed by atoms with Crippen LogP contribution >= 0.6 is 15.9 Å². The van der Waals surface area contributed by atoms with Crippen LogP contribution < -0.4 is 5.48 Å². The third-order valence-electron chi connectivity index (χ3n) is 2.36. The first-order valence-electron chi connectivity index (χ1n) is 4.36. The monoisotopic (exact) mass is 254 g/mol. The average molecular weight is 255 g/mol. The molecule has 0 atom stereocenters. The molecule has 0 radical (unpaired) electrons. The van der Waals surface area contributed by atoms with Gasteiger partial charge in [0.1, 0.15) is 0 Å². The van der Waals surface area contributed by atoms with Crippen LogP contribution in [0.5, 0.6) is 0 Å². The molecular formula is C10H11BrN2O. The molecule has 2 aromatic rings. The van der Waals surface area contributed by atoms with E-state index in [4.69, 9.17) is 5.21 Å². The van der Waals surface area contributed by atoms with E-state index in [-0.39, 0.29) is 0 Å². The summed E-state index contributed by atoms with van der Waals surface area (Å²) in [4.78, 5) is 3.28. The minimum atomic E-state index is 0.461. The number of fused-ring (bicyclic) bond motifs is 1. The predicted octanol–water partition coefficient (Wildman–Crippen LogP) is 2.72. The smallest absolute Gasteiger partial charge is 0.0603 e. The van der Waals surface area contributed by atoms with E-state index >= 15 is 0 Å². The van der Waals surface area contributed by atoms with E-state index in [0.29, 0.717) is 6.54 Å². The summed E-state index contributed by atoms with van der Waals surface area (Å²) >= 11 is 3.48. The van der Waals surface area contributed by atoms with Gasteiger partial charge in [0.15, 0.2) is 0 Å². The van der Waals surface area contributed by atoms with Crippen LogP contribution in [0.2, 0.25) is 0 Å². The van der Waals surface area contributed by atoms with E-state index in [1.54, 1.807) is 0 Å². The van der Waals surface area contributed by atoms with Crippen molar-refractivity contribution in [1.29, 1.82) is 0 Å². The first-order chi connectivity index (χ1) is 6.74. The molecule has 0 fully saturated rings. The number of aryl methyl sites for hydroxylation is 1. The van der Waals surface area contributed by atoms with Gasteiger partial charge in [-0.2, -0.15) is 0 Å². The van der Waals surface area contributed by atoms with Gasteiger partial charge in [-0.25, -0.2) is 5.48 Å². The third kappa shape index (κ3) is 1.45. The first-order valence-corrected chi connectivity index (χ1v) is 5.16. The molecule has 0 bridgehead atoms. The van der Waals surface area contributed by atoms with Crippen molar-refractivity contribution in [1.82, 2.24) is 10.5 Å². The highest BCUT2D eigenvalue weighted by atomic mass is 79.9. The van der Waals surface area contributed by atoms with E-state index in [1.165, 1.54) is 0 Å². The number of aromatic amines is 1. The normalized spacial score (nSPS) is 11.1. The third-order valence-corrected chi connectivity index (χ3v) is 3.02. The van der Waals surface area contributed by atoms with Crippen molar-refractivity contribution in [2.45, 2.75) is 13.5 Å². The van der Waals surface area contributed by atoms with Gasteiger partial charge < -0.3 is 10.2 Å². The predicted molar refractivity (Wildman–Crippen MR) is 59.4 cm³/mol. The largest absolute Gasteiger partial charge is 0.357 e. The highest BCUT2D eigenvalue weighted by Crippen LogP contribution is 2.27. The van der Waals surface area contributed by atoms with Gasteiger partial charge in [0.25, 0.3) is 0 Å². The molecule has 74 valence electrons. The van der Waals surface area contributed by atoms with Gasteiger partial charge in [0.05, 0.1) is 5.52 Å². The summed E-state index contributed by atoms with van der Waals surface area (Å²) in [6, 6.07) is 6.02. The number of para-hydroxylation sites is 1. The highest BCUT2D eigenvalue weighted by molar-refractivity contribution is 9.10. The van der Waals surface area contributed by atoms with E-state index < -0.39 is 0 Å². The van der Waals surface area contributed by atoms with E-state index in [9.17, 15) is 0 Å². The van der Waals surface area contributed by atoms with Gasteiger partial charge in [0.2, 0.25) is 0 Å². The molecule has 0 unspecified atom stereocenters.